The molecule has 8 N–H and O–H groups in total. The Kier molecular flexibility index (Phi) is 7.36. The molecule has 9 aliphatic rings. The van der Waals surface area contributed by atoms with Crippen LogP contribution in [-0.2, 0) is 0 Å². The van der Waals surface area contributed by atoms with Gasteiger partial charge in [0.15, 0.2) is 0 Å². The molecule has 8 bridgehead atoms. The van der Waals surface area contributed by atoms with E-state index in [1.165, 1.54) is 51.4 Å². The number of alkyl halides is 2. The average Bonchev–Trinajstić information content (AvgIpc) is 3.72. The summed E-state index contributed by atoms with van der Waals surface area (Å²) in [6.45, 7) is 0. The Balaban J connectivity index is 1.06. The van der Waals surface area contributed by atoms with Crippen LogP contribution in [0.15, 0.2) is 0 Å². The van der Waals surface area contributed by atoms with Crippen LogP contribution in [0.3, 0.4) is 0 Å². The predicted molar refractivity (Wildman–Crippen MR) is 158 cm³/mol. The molecule has 0 amide bonds. The van der Waals surface area contributed by atoms with E-state index in [1.54, 1.807) is 0 Å². The maximum Gasteiger partial charge on any atom is 0.101 e. The van der Waals surface area contributed by atoms with Crippen molar-refractivity contribution < 1.29 is 8.78 Å². The van der Waals surface area contributed by atoms with E-state index in [0.717, 1.165) is 12.8 Å². The summed E-state index contributed by atoms with van der Waals surface area (Å²) in [5.74, 6) is 3.85. The molecule has 236 valence electrons. The van der Waals surface area contributed by atoms with E-state index in [0.29, 0.717) is 73.5 Å². The van der Waals surface area contributed by atoms with E-state index >= 15 is 0 Å². The third-order valence-corrected chi connectivity index (χ3v) is 13.8. The molecule has 0 spiro atoms. The molecule has 5 saturated heterocycles. The highest BCUT2D eigenvalue weighted by molar-refractivity contribution is 5.08. The average molecular weight is 589 g/mol. The number of nitrogens with one attached hydrogen (secondary N) is 8. The standard InChI is InChI=1S/C32H54F2N8/c33-15-9-11-21-23(13-15)32-40-29(21)38-27-18-6-2-1-5-17(18)25(36-27)35-26-19-7-3-4-8-20(19)28(37-26)39-31-24-14-16(34)10-12-22(24)30(41-31)42-32/h15-32,35-42H,1-14H2. The minimum atomic E-state index is -0.711. The van der Waals surface area contributed by atoms with Crippen molar-refractivity contribution in [2.24, 2.45) is 47.3 Å². The third-order valence-electron chi connectivity index (χ3n) is 13.8. The van der Waals surface area contributed by atoms with Gasteiger partial charge < -0.3 is 0 Å². The quantitative estimate of drug-likeness (QED) is 0.219. The third kappa shape index (κ3) is 4.72. The molecule has 42 heavy (non-hydrogen) atoms. The number of hydrogen-bond acceptors (Lipinski definition) is 8. The maximum absolute atomic E-state index is 14.9. The number of hydrogen-bond donors (Lipinski definition) is 8. The fourth-order valence-corrected chi connectivity index (χ4v) is 11.9. The van der Waals surface area contributed by atoms with Gasteiger partial charge in [-0.2, -0.15) is 0 Å². The summed E-state index contributed by atoms with van der Waals surface area (Å²) in [7, 11) is 0. The fourth-order valence-electron chi connectivity index (χ4n) is 11.9. The maximum atomic E-state index is 14.9. The minimum Gasteiger partial charge on any atom is -0.286 e. The zero-order chi connectivity index (χ0) is 27.9. The predicted octanol–water partition coefficient (Wildman–Crippen LogP) is 2.50. The SMILES string of the molecule is FC1CCC2C3NC(NC4NC(NC5NC(NC6NC(N3)C3CC(F)CCC63)C3CCCCC53)C3CCCCC43)C2C1. The molecule has 9 fully saturated rings. The molecule has 9 rings (SSSR count). The lowest BCUT2D eigenvalue weighted by atomic mass is 9.76. The van der Waals surface area contributed by atoms with Crippen molar-refractivity contribution in [2.75, 3.05) is 0 Å². The highest BCUT2D eigenvalue weighted by Crippen LogP contribution is 2.46. The molecule has 5 aliphatic heterocycles. The summed E-state index contributed by atoms with van der Waals surface area (Å²) in [6.07, 6.45) is 14.9. The van der Waals surface area contributed by atoms with Crippen LogP contribution in [0, 0.1) is 47.3 Å². The van der Waals surface area contributed by atoms with Gasteiger partial charge in [0.05, 0.1) is 49.3 Å². The van der Waals surface area contributed by atoms with E-state index in [1.807, 2.05) is 0 Å². The van der Waals surface area contributed by atoms with Crippen LogP contribution in [0.25, 0.3) is 0 Å². The van der Waals surface area contributed by atoms with Gasteiger partial charge in [0.2, 0.25) is 0 Å². The lowest BCUT2D eigenvalue weighted by Crippen LogP contribution is -2.61. The Morgan fingerprint density at radius 3 is 0.810 bits per heavy atom. The second-order valence-electron chi connectivity index (χ2n) is 15.9. The van der Waals surface area contributed by atoms with Crippen molar-refractivity contribution in [1.29, 1.82) is 0 Å². The first-order valence-electron chi connectivity index (χ1n) is 18.0. The van der Waals surface area contributed by atoms with E-state index in [-0.39, 0.29) is 48.8 Å². The van der Waals surface area contributed by atoms with Crippen LogP contribution >= 0.6 is 0 Å². The molecule has 0 aromatic carbocycles. The largest absolute Gasteiger partial charge is 0.286 e. The van der Waals surface area contributed by atoms with Gasteiger partial charge in [-0.1, -0.05) is 25.7 Å². The monoisotopic (exact) mass is 588 g/mol. The first kappa shape index (κ1) is 27.8. The van der Waals surface area contributed by atoms with Crippen LogP contribution < -0.4 is 42.5 Å². The molecular weight excluding hydrogens is 534 g/mol. The summed E-state index contributed by atoms with van der Waals surface area (Å²) in [5.41, 5.74) is 0. The lowest BCUT2D eigenvalue weighted by Gasteiger charge is -2.36. The van der Waals surface area contributed by atoms with Crippen LogP contribution in [0.1, 0.15) is 89.9 Å². The number of fused-ring (bicyclic) bond motifs is 20. The van der Waals surface area contributed by atoms with Gasteiger partial charge in [-0.25, -0.2) is 8.78 Å². The van der Waals surface area contributed by atoms with E-state index in [4.69, 9.17) is 0 Å². The van der Waals surface area contributed by atoms with Crippen molar-refractivity contribution in [3.63, 3.8) is 0 Å². The second-order valence-corrected chi connectivity index (χ2v) is 15.9. The first-order valence-corrected chi connectivity index (χ1v) is 18.0. The smallest absolute Gasteiger partial charge is 0.101 e. The summed E-state index contributed by atoms with van der Waals surface area (Å²) >= 11 is 0. The van der Waals surface area contributed by atoms with Crippen LogP contribution in [0.2, 0.25) is 0 Å². The fraction of sp³-hybridized carbons (Fsp3) is 1.00. The highest BCUT2D eigenvalue weighted by Gasteiger charge is 2.55. The molecule has 18 unspecified atom stereocenters. The lowest BCUT2D eigenvalue weighted by molar-refractivity contribution is 0.110. The minimum absolute atomic E-state index is 0.0631. The van der Waals surface area contributed by atoms with Crippen molar-refractivity contribution in [3.8, 4) is 0 Å². The highest BCUT2D eigenvalue weighted by atomic mass is 19.1. The summed E-state index contributed by atoms with van der Waals surface area (Å²) in [6, 6.07) is 0. The Morgan fingerprint density at radius 1 is 0.286 bits per heavy atom. The summed E-state index contributed by atoms with van der Waals surface area (Å²) in [4.78, 5) is 0. The van der Waals surface area contributed by atoms with Crippen molar-refractivity contribution in [3.05, 3.63) is 0 Å². The molecule has 4 saturated carbocycles. The zero-order valence-corrected chi connectivity index (χ0v) is 25.0. The van der Waals surface area contributed by atoms with Gasteiger partial charge >= 0.3 is 0 Å². The van der Waals surface area contributed by atoms with Crippen LogP contribution in [0.4, 0.5) is 8.78 Å². The molecular formula is C32H54F2N8. The van der Waals surface area contributed by atoms with Gasteiger partial charge in [0.25, 0.3) is 0 Å². The first-order chi connectivity index (χ1) is 20.6. The van der Waals surface area contributed by atoms with Crippen molar-refractivity contribution in [1.82, 2.24) is 42.5 Å². The van der Waals surface area contributed by atoms with Crippen molar-refractivity contribution >= 4 is 0 Å². The topological polar surface area (TPSA) is 96.2 Å². The molecule has 0 radical (unpaired) electrons. The molecule has 0 aromatic heterocycles. The number of halogens is 2. The molecule has 0 aromatic rings. The normalized spacial score (nSPS) is 59.0. The number of rotatable bonds is 0. The summed E-state index contributed by atoms with van der Waals surface area (Å²) < 4.78 is 29.8. The Labute approximate surface area is 250 Å². The van der Waals surface area contributed by atoms with Gasteiger partial charge in [-0.3, -0.25) is 42.5 Å². The summed E-state index contributed by atoms with van der Waals surface area (Å²) in [5, 5.41) is 32.4. The van der Waals surface area contributed by atoms with Crippen molar-refractivity contribution in [2.45, 2.75) is 152 Å². The molecule has 8 nitrogen and oxygen atoms in total. The van der Waals surface area contributed by atoms with Gasteiger partial charge in [-0.05, 0) is 112 Å². The molecule has 10 heteroatoms. The van der Waals surface area contributed by atoms with Gasteiger partial charge in [-0.15, -0.1) is 0 Å². The second kappa shape index (κ2) is 11.1. The molecule has 4 aliphatic carbocycles. The zero-order valence-electron chi connectivity index (χ0n) is 25.0. The molecule has 5 heterocycles. The Bertz CT molecular complexity index is 984. The Hall–Kier alpha value is -0.460. The van der Waals surface area contributed by atoms with Gasteiger partial charge in [0.1, 0.15) is 12.3 Å². The van der Waals surface area contributed by atoms with E-state index in [2.05, 4.69) is 42.5 Å². The Morgan fingerprint density at radius 2 is 0.524 bits per heavy atom. The molecule has 18 atom stereocenters. The van der Waals surface area contributed by atoms with E-state index < -0.39 is 12.3 Å². The van der Waals surface area contributed by atoms with Gasteiger partial charge in [0, 0.05) is 0 Å². The van der Waals surface area contributed by atoms with Crippen LogP contribution in [-0.4, -0.2) is 61.7 Å². The van der Waals surface area contributed by atoms with E-state index in [9.17, 15) is 8.78 Å². The van der Waals surface area contributed by atoms with Crippen LogP contribution in [0.5, 0.6) is 0 Å².